The monoisotopic (exact) mass is 361 g/mol. The molecule has 4 unspecified atom stereocenters. The van der Waals surface area contributed by atoms with Crippen molar-refractivity contribution in [1.29, 1.82) is 0 Å². The van der Waals surface area contributed by atoms with Crippen LogP contribution in [0.15, 0.2) is 0 Å². The first kappa shape index (κ1) is 43.7. The first-order chi connectivity index (χ1) is 8.99. The number of hydrogen-bond donors (Lipinski definition) is 2. The molecule has 0 radical (unpaired) electrons. The molecule has 1 aliphatic rings. The molecule has 0 saturated carbocycles. The average molecular weight is 362 g/mol. The third kappa shape index (κ3) is 29.5. The summed E-state index contributed by atoms with van der Waals surface area (Å²) in [7, 11) is 0. The molecule has 0 aromatic carbocycles. The van der Waals surface area contributed by atoms with Crippen LogP contribution >= 0.6 is 0 Å². The predicted molar refractivity (Wildman–Crippen MR) is 107 cm³/mol. The zero-order valence-corrected chi connectivity index (χ0v) is 13.2. The summed E-state index contributed by atoms with van der Waals surface area (Å²) < 4.78 is 10.5. The molecule has 1 rings (SSSR count). The molecule has 4 atom stereocenters. The number of carbonyl (C=O) groups excluding carboxylic acids is 1. The number of carbonyl (C=O) groups is 1. The average Bonchev–Trinajstić information content (AvgIpc) is 2.41. The molecule has 1 heterocycles. The predicted octanol–water partition coefficient (Wildman–Crippen LogP) is 3.72. The summed E-state index contributed by atoms with van der Waals surface area (Å²) in [5.74, 6) is 0. The third-order valence-corrected chi connectivity index (χ3v) is 2.79. The summed E-state index contributed by atoms with van der Waals surface area (Å²) in [6, 6.07) is 0. The van der Waals surface area contributed by atoms with E-state index in [-0.39, 0.29) is 48.8 Å². The molecule has 1 aliphatic heterocycles. The number of aliphatic hydroxyl groups excluding tert-OH is 2. The largest absolute Gasteiger partial charge is 1.00 e. The molecule has 0 spiro atoms. The second-order valence-corrected chi connectivity index (χ2v) is 4.67. The van der Waals surface area contributed by atoms with Crippen molar-refractivity contribution in [3.8, 4) is 0 Å². The molecule has 6 heteroatoms. The SMILES string of the molecule is C.C.C.C.C=O.CCC(O)CC(C)O.CCC1CC(C)OCO1.O.[H+]. The fraction of sp³-hybridized carbons (Fsp3) is 0.944. The topological polar surface area (TPSA) is 107 Å². The minimum atomic E-state index is -0.370. The lowest BCUT2D eigenvalue weighted by Crippen LogP contribution is -2.28. The van der Waals surface area contributed by atoms with Gasteiger partial charge in [-0.25, -0.2) is 0 Å². The molecule has 0 bridgehead atoms. The highest BCUT2D eigenvalue weighted by Gasteiger charge is 2.17. The van der Waals surface area contributed by atoms with Crippen molar-refractivity contribution in [1.82, 2.24) is 0 Å². The fourth-order valence-electron chi connectivity index (χ4n) is 1.60. The third-order valence-electron chi connectivity index (χ3n) is 2.79. The summed E-state index contributed by atoms with van der Waals surface area (Å²) >= 11 is 0. The number of ether oxygens (including phenoxy) is 2. The van der Waals surface area contributed by atoms with Gasteiger partial charge in [0.25, 0.3) is 0 Å². The Balaban J connectivity index is -0.0000000288. The molecule has 0 aromatic heterocycles. The molecule has 4 N–H and O–H groups in total. The van der Waals surface area contributed by atoms with Crippen LogP contribution in [-0.2, 0) is 14.3 Å². The molecule has 1 fully saturated rings. The van der Waals surface area contributed by atoms with Crippen LogP contribution in [0, 0.1) is 0 Å². The smallest absolute Gasteiger partial charge is 0.412 e. The first-order valence-corrected chi connectivity index (χ1v) is 6.87. The van der Waals surface area contributed by atoms with Gasteiger partial charge in [-0.3, -0.25) is 0 Å². The van der Waals surface area contributed by atoms with Crippen LogP contribution in [0.1, 0.15) is 84.5 Å². The Labute approximate surface area is 153 Å². The lowest BCUT2D eigenvalue weighted by atomic mass is 10.1. The van der Waals surface area contributed by atoms with Crippen LogP contribution in [0.5, 0.6) is 0 Å². The maximum absolute atomic E-state index is 8.87. The van der Waals surface area contributed by atoms with E-state index < -0.39 is 0 Å². The second kappa shape index (κ2) is 30.4. The van der Waals surface area contributed by atoms with E-state index in [1.807, 2.05) is 13.7 Å². The lowest BCUT2D eigenvalue weighted by Gasteiger charge is -2.26. The summed E-state index contributed by atoms with van der Waals surface area (Å²) in [4.78, 5) is 8.00. The van der Waals surface area contributed by atoms with Gasteiger partial charge in [-0.2, -0.15) is 0 Å². The van der Waals surface area contributed by atoms with Crippen LogP contribution in [0.2, 0.25) is 0 Å². The minimum Gasteiger partial charge on any atom is -0.412 e. The van der Waals surface area contributed by atoms with E-state index in [4.69, 9.17) is 24.5 Å². The van der Waals surface area contributed by atoms with Crippen molar-refractivity contribution in [2.75, 3.05) is 6.79 Å². The van der Waals surface area contributed by atoms with Crippen molar-refractivity contribution in [2.45, 2.75) is 108 Å². The Hall–Kier alpha value is -0.530. The van der Waals surface area contributed by atoms with Gasteiger partial charge in [0.1, 0.15) is 13.6 Å². The standard InChI is InChI=1S/C7H14O2.C6H14O2.CH2O.4CH4.H2O/c1-3-7-4-6(2)8-5-9-7;1-3-6(8)4-5(2)7;1-2;;;;;/h6-7H,3-5H2,1-2H3;5-8H,3-4H2,1-2H3;1H2;4*1H4;1H2/p+1. The van der Waals surface area contributed by atoms with Crippen molar-refractivity contribution in [3.63, 3.8) is 0 Å². The van der Waals surface area contributed by atoms with Crippen molar-refractivity contribution < 1.29 is 31.4 Å². The maximum atomic E-state index is 8.87. The quantitative estimate of drug-likeness (QED) is 0.793. The number of aliphatic hydroxyl groups is 2. The van der Waals surface area contributed by atoms with Crippen molar-refractivity contribution in [3.05, 3.63) is 0 Å². The highest BCUT2D eigenvalue weighted by Crippen LogP contribution is 2.14. The van der Waals surface area contributed by atoms with E-state index in [1.54, 1.807) is 6.92 Å². The number of rotatable bonds is 4. The van der Waals surface area contributed by atoms with E-state index in [9.17, 15) is 0 Å². The molecule has 0 amide bonds. The summed E-state index contributed by atoms with van der Waals surface area (Å²) in [5.41, 5.74) is 0. The van der Waals surface area contributed by atoms with E-state index >= 15 is 0 Å². The highest BCUT2D eigenvalue weighted by molar-refractivity contribution is 5.10. The van der Waals surface area contributed by atoms with Gasteiger partial charge in [0.15, 0.2) is 0 Å². The number of hydrogen-bond acceptors (Lipinski definition) is 5. The van der Waals surface area contributed by atoms with Gasteiger partial charge in [0, 0.05) is 0 Å². The molecule has 1 saturated heterocycles. The highest BCUT2D eigenvalue weighted by atomic mass is 16.7. The molecule has 24 heavy (non-hydrogen) atoms. The minimum absolute atomic E-state index is 0. The summed E-state index contributed by atoms with van der Waals surface area (Å²) in [6.07, 6.45) is 3.52. The second-order valence-electron chi connectivity index (χ2n) is 4.67. The van der Waals surface area contributed by atoms with Crippen molar-refractivity contribution >= 4 is 6.79 Å². The van der Waals surface area contributed by atoms with Crippen LogP contribution in [0.4, 0.5) is 0 Å². The van der Waals surface area contributed by atoms with Gasteiger partial charge >= 0.3 is 1.43 Å². The Morgan fingerprint density at radius 2 is 1.58 bits per heavy atom. The molecule has 6 nitrogen and oxygen atoms in total. The van der Waals surface area contributed by atoms with E-state index in [1.165, 1.54) is 0 Å². The van der Waals surface area contributed by atoms with Crippen LogP contribution in [0.3, 0.4) is 0 Å². The molecule has 156 valence electrons. The van der Waals surface area contributed by atoms with E-state index in [0.717, 1.165) is 19.3 Å². The maximum Gasteiger partial charge on any atom is 1.00 e. The van der Waals surface area contributed by atoms with E-state index in [0.29, 0.717) is 25.4 Å². The fourth-order valence-corrected chi connectivity index (χ4v) is 1.60. The normalized spacial score (nSPS) is 19.9. The summed E-state index contributed by atoms with van der Waals surface area (Å²) in [6.45, 7) is 10.3. The Morgan fingerprint density at radius 1 is 1.12 bits per heavy atom. The first-order valence-electron chi connectivity index (χ1n) is 6.87. The molecule has 0 aliphatic carbocycles. The zero-order valence-electron chi connectivity index (χ0n) is 14.2. The Morgan fingerprint density at radius 3 is 1.79 bits per heavy atom. The lowest BCUT2D eigenvalue weighted by molar-refractivity contribution is -0.170. The molecular formula is C18H49O6+. The van der Waals surface area contributed by atoms with E-state index in [2.05, 4.69) is 13.8 Å². The van der Waals surface area contributed by atoms with Gasteiger partial charge in [-0.15, -0.1) is 0 Å². The van der Waals surface area contributed by atoms with Crippen LogP contribution in [0.25, 0.3) is 0 Å². The van der Waals surface area contributed by atoms with Gasteiger partial charge in [0.2, 0.25) is 0 Å². The van der Waals surface area contributed by atoms with Gasteiger partial charge in [-0.05, 0) is 39.5 Å². The Kier molecular flexibility index (Phi) is 55.3. The Bertz CT molecular complexity index is 196. The summed E-state index contributed by atoms with van der Waals surface area (Å²) in [5, 5.41) is 17.6. The molecule has 0 aromatic rings. The van der Waals surface area contributed by atoms with Crippen LogP contribution in [-0.4, -0.2) is 53.7 Å². The van der Waals surface area contributed by atoms with Gasteiger partial charge in [-0.1, -0.05) is 43.6 Å². The van der Waals surface area contributed by atoms with Crippen molar-refractivity contribution in [2.24, 2.45) is 0 Å². The molecular weight excluding hydrogens is 312 g/mol. The zero-order chi connectivity index (χ0) is 15.3. The van der Waals surface area contributed by atoms with Gasteiger partial charge in [0.05, 0.1) is 24.4 Å². The van der Waals surface area contributed by atoms with Crippen LogP contribution < -0.4 is 0 Å². The van der Waals surface area contributed by atoms with Gasteiger partial charge < -0.3 is 30.0 Å².